The zero-order valence-corrected chi connectivity index (χ0v) is 13.7. The molecule has 3 rings (SSSR count). The number of rotatable bonds is 4. The summed E-state index contributed by atoms with van der Waals surface area (Å²) in [7, 11) is -1.83. The lowest BCUT2D eigenvalue weighted by Crippen LogP contribution is -2.57. The van der Waals surface area contributed by atoms with Crippen LogP contribution in [0, 0.1) is 0 Å². The second kappa shape index (κ2) is 5.07. The first-order valence-corrected chi connectivity index (χ1v) is 8.97. The Morgan fingerprint density at radius 1 is 1.48 bits per heavy atom. The molecule has 0 aromatic carbocycles. The first kappa shape index (κ1) is 15.0. The maximum Gasteiger partial charge on any atom is 0.260 e. The van der Waals surface area contributed by atoms with Crippen LogP contribution in [0.4, 0.5) is 0 Å². The van der Waals surface area contributed by atoms with Crippen LogP contribution in [0.1, 0.15) is 44.7 Å². The number of sulfonamides is 1. The van der Waals surface area contributed by atoms with Crippen molar-refractivity contribution in [3.05, 3.63) is 11.8 Å². The molecule has 21 heavy (non-hydrogen) atoms. The molecule has 0 bridgehead atoms. The Balaban J connectivity index is 1.99. The predicted octanol–water partition coefficient (Wildman–Crippen LogP) is 1.49. The zero-order valence-electron chi connectivity index (χ0n) is 12.9. The molecular formula is C14H23N3O3S. The predicted molar refractivity (Wildman–Crippen MR) is 78.6 cm³/mol. The summed E-state index contributed by atoms with van der Waals surface area (Å²) in [5.41, 5.74) is 0.420. The van der Waals surface area contributed by atoms with Gasteiger partial charge in [-0.25, -0.2) is 8.42 Å². The largest absolute Gasteiger partial charge is 0.378 e. The molecular weight excluding hydrogens is 290 g/mol. The summed E-state index contributed by atoms with van der Waals surface area (Å²) in [6.07, 6.45) is 2.95. The van der Waals surface area contributed by atoms with Crippen LogP contribution < -0.4 is 0 Å². The monoisotopic (exact) mass is 313 g/mol. The summed E-state index contributed by atoms with van der Waals surface area (Å²) < 4.78 is 34.7. The molecule has 1 aromatic rings. The van der Waals surface area contributed by atoms with Gasteiger partial charge in [0, 0.05) is 25.6 Å². The molecule has 2 aliphatic rings. The van der Waals surface area contributed by atoms with E-state index in [1.807, 2.05) is 13.8 Å². The fourth-order valence-corrected chi connectivity index (χ4v) is 4.82. The summed E-state index contributed by atoms with van der Waals surface area (Å²) in [6.45, 7) is 5.23. The van der Waals surface area contributed by atoms with Crippen molar-refractivity contribution in [3.8, 4) is 0 Å². The smallest absolute Gasteiger partial charge is 0.260 e. The van der Waals surface area contributed by atoms with Gasteiger partial charge in [0.05, 0.1) is 24.4 Å². The van der Waals surface area contributed by atoms with Crippen molar-refractivity contribution in [1.82, 2.24) is 14.1 Å². The van der Waals surface area contributed by atoms with E-state index in [0.717, 1.165) is 25.0 Å². The number of aromatic nitrogens is 2. The molecule has 0 N–H and O–H groups in total. The zero-order chi connectivity index (χ0) is 15.3. The number of nitrogens with zero attached hydrogens (tertiary/aromatic N) is 3. The van der Waals surface area contributed by atoms with Crippen LogP contribution in [0.3, 0.4) is 0 Å². The minimum Gasteiger partial charge on any atom is -0.378 e. The molecule has 2 fully saturated rings. The van der Waals surface area contributed by atoms with Crippen LogP contribution in [0.2, 0.25) is 0 Å². The standard InChI is InChI=1S/C14H23N3O3S/c1-4-14(2)10-20-8-7-17(14)21(18,19)13-9-12(11-5-6-11)15-16(13)3/h9,11H,4-8,10H2,1-3H3. The molecule has 1 aliphatic heterocycles. The number of ether oxygens (including phenoxy) is 1. The van der Waals surface area contributed by atoms with E-state index in [9.17, 15) is 8.42 Å². The highest BCUT2D eigenvalue weighted by Crippen LogP contribution is 2.40. The quantitative estimate of drug-likeness (QED) is 0.845. The molecule has 1 unspecified atom stereocenters. The average Bonchev–Trinajstić information content (AvgIpc) is 3.22. The first-order valence-electron chi connectivity index (χ1n) is 7.53. The molecule has 0 amide bonds. The van der Waals surface area contributed by atoms with Crippen LogP contribution in [0.5, 0.6) is 0 Å². The van der Waals surface area contributed by atoms with Gasteiger partial charge in [0.1, 0.15) is 0 Å². The van der Waals surface area contributed by atoms with Gasteiger partial charge < -0.3 is 4.74 Å². The Morgan fingerprint density at radius 2 is 2.19 bits per heavy atom. The highest BCUT2D eigenvalue weighted by molar-refractivity contribution is 7.89. The highest BCUT2D eigenvalue weighted by Gasteiger charge is 2.43. The number of aryl methyl sites for hydroxylation is 1. The van der Waals surface area contributed by atoms with Crippen molar-refractivity contribution >= 4 is 10.0 Å². The number of hydrogen-bond acceptors (Lipinski definition) is 4. The lowest BCUT2D eigenvalue weighted by Gasteiger charge is -2.42. The van der Waals surface area contributed by atoms with E-state index in [2.05, 4.69) is 5.10 Å². The van der Waals surface area contributed by atoms with Crippen LogP contribution in [-0.4, -0.2) is 47.8 Å². The number of morpholine rings is 1. The first-order chi connectivity index (χ1) is 9.88. The SMILES string of the molecule is CCC1(C)COCCN1S(=O)(=O)c1cc(C2CC2)nn1C. The van der Waals surface area contributed by atoms with Crippen LogP contribution >= 0.6 is 0 Å². The van der Waals surface area contributed by atoms with Gasteiger partial charge in [0.15, 0.2) is 5.03 Å². The van der Waals surface area contributed by atoms with E-state index < -0.39 is 15.6 Å². The van der Waals surface area contributed by atoms with Gasteiger partial charge in [-0.2, -0.15) is 9.40 Å². The molecule has 0 radical (unpaired) electrons. The molecule has 1 aliphatic carbocycles. The molecule has 1 saturated heterocycles. The van der Waals surface area contributed by atoms with E-state index in [4.69, 9.17) is 4.74 Å². The summed E-state index contributed by atoms with van der Waals surface area (Å²) in [6, 6.07) is 1.75. The molecule has 1 atom stereocenters. The fraction of sp³-hybridized carbons (Fsp3) is 0.786. The van der Waals surface area contributed by atoms with Gasteiger partial charge in [0.25, 0.3) is 10.0 Å². The molecule has 1 saturated carbocycles. The van der Waals surface area contributed by atoms with Crippen LogP contribution in [-0.2, 0) is 21.8 Å². The van der Waals surface area contributed by atoms with Crippen LogP contribution in [0.15, 0.2) is 11.1 Å². The van der Waals surface area contributed by atoms with Gasteiger partial charge in [-0.15, -0.1) is 0 Å². The second-order valence-corrected chi connectivity index (χ2v) is 8.09. The molecule has 0 spiro atoms. The topological polar surface area (TPSA) is 64.4 Å². The Labute approximate surface area is 126 Å². The van der Waals surface area contributed by atoms with Crippen molar-refractivity contribution in [2.45, 2.75) is 49.6 Å². The summed E-state index contributed by atoms with van der Waals surface area (Å²) >= 11 is 0. The fourth-order valence-electron chi connectivity index (χ4n) is 2.87. The molecule has 118 valence electrons. The van der Waals surface area contributed by atoms with Gasteiger partial charge >= 0.3 is 0 Å². The Morgan fingerprint density at radius 3 is 2.81 bits per heavy atom. The van der Waals surface area contributed by atoms with Gasteiger partial charge in [-0.05, 0) is 26.2 Å². The third-order valence-electron chi connectivity index (χ3n) is 4.62. The Bertz CT molecular complexity index is 636. The Kier molecular flexibility index (Phi) is 3.62. The minimum absolute atomic E-state index is 0.297. The molecule has 6 nitrogen and oxygen atoms in total. The van der Waals surface area contributed by atoms with Gasteiger partial charge in [0.2, 0.25) is 0 Å². The average molecular weight is 313 g/mol. The molecule has 1 aromatic heterocycles. The van der Waals surface area contributed by atoms with Crippen molar-refractivity contribution in [2.75, 3.05) is 19.8 Å². The minimum atomic E-state index is -3.54. The van der Waals surface area contributed by atoms with E-state index in [-0.39, 0.29) is 0 Å². The van der Waals surface area contributed by atoms with E-state index in [1.54, 1.807) is 17.4 Å². The van der Waals surface area contributed by atoms with Crippen molar-refractivity contribution < 1.29 is 13.2 Å². The number of hydrogen-bond donors (Lipinski definition) is 0. The van der Waals surface area contributed by atoms with Crippen molar-refractivity contribution in [3.63, 3.8) is 0 Å². The third kappa shape index (κ3) is 2.51. The second-order valence-electron chi connectivity index (χ2n) is 6.29. The normalized spacial score (nSPS) is 28.0. The molecule has 7 heteroatoms. The lowest BCUT2D eigenvalue weighted by atomic mass is 9.99. The molecule has 2 heterocycles. The maximum atomic E-state index is 13.0. The van der Waals surface area contributed by atoms with E-state index in [0.29, 0.717) is 30.7 Å². The van der Waals surface area contributed by atoms with Gasteiger partial charge in [-0.1, -0.05) is 6.92 Å². The Hall–Kier alpha value is -0.920. The highest BCUT2D eigenvalue weighted by atomic mass is 32.2. The summed E-state index contributed by atoms with van der Waals surface area (Å²) in [4.78, 5) is 0. The van der Waals surface area contributed by atoms with E-state index in [1.165, 1.54) is 4.68 Å². The summed E-state index contributed by atoms with van der Waals surface area (Å²) in [5, 5.41) is 4.68. The van der Waals surface area contributed by atoms with E-state index >= 15 is 0 Å². The van der Waals surface area contributed by atoms with Gasteiger partial charge in [-0.3, -0.25) is 4.68 Å². The third-order valence-corrected chi connectivity index (χ3v) is 6.74. The maximum absolute atomic E-state index is 13.0. The van der Waals surface area contributed by atoms with Crippen LogP contribution in [0.25, 0.3) is 0 Å². The van der Waals surface area contributed by atoms with Crippen molar-refractivity contribution in [2.24, 2.45) is 7.05 Å². The lowest BCUT2D eigenvalue weighted by molar-refractivity contribution is -0.0188. The van der Waals surface area contributed by atoms with Crippen molar-refractivity contribution in [1.29, 1.82) is 0 Å². The summed E-state index contributed by atoms with van der Waals surface area (Å²) in [5.74, 6) is 0.447.